The number of β-amino-alcohol motifs (C(OH)–C–C–N with tert-alkyl or cyclic N) is 1. The first-order valence-electron chi connectivity index (χ1n) is 7.26. The molecule has 2 unspecified atom stereocenters. The Labute approximate surface area is 120 Å². The lowest BCUT2D eigenvalue weighted by atomic mass is 10.2. The molecule has 0 radical (unpaired) electrons. The topological polar surface area (TPSA) is 64.5 Å². The molecule has 0 aliphatic carbocycles. The van der Waals surface area contributed by atoms with Crippen LogP contribution in [-0.2, 0) is 0 Å². The predicted octanol–water partition coefficient (Wildman–Crippen LogP) is 0.800. The van der Waals surface area contributed by atoms with Crippen LogP contribution in [0.3, 0.4) is 0 Å². The summed E-state index contributed by atoms with van der Waals surface area (Å²) >= 11 is 0. The van der Waals surface area contributed by atoms with Gasteiger partial charge in [-0.25, -0.2) is 4.98 Å². The third kappa shape index (κ3) is 3.80. The molecule has 0 bridgehead atoms. The van der Waals surface area contributed by atoms with E-state index in [4.69, 9.17) is 0 Å². The molecule has 6 heteroatoms. The second kappa shape index (κ2) is 6.85. The Hall–Kier alpha value is -1.40. The molecule has 6 nitrogen and oxygen atoms in total. The van der Waals surface area contributed by atoms with Crippen LogP contribution in [0.5, 0.6) is 0 Å². The quantitative estimate of drug-likeness (QED) is 0.803. The zero-order valence-electron chi connectivity index (χ0n) is 12.6. The van der Waals surface area contributed by atoms with Crippen molar-refractivity contribution in [3.05, 3.63) is 12.3 Å². The molecule has 1 aliphatic heterocycles. The van der Waals surface area contributed by atoms with Crippen LogP contribution in [0.4, 0.5) is 11.8 Å². The average Bonchev–Trinajstić information content (AvgIpc) is 2.76. The van der Waals surface area contributed by atoms with Gasteiger partial charge < -0.3 is 20.2 Å². The van der Waals surface area contributed by atoms with Crippen LogP contribution < -0.4 is 10.2 Å². The lowest BCUT2D eigenvalue weighted by Crippen LogP contribution is -2.38. The monoisotopic (exact) mass is 279 g/mol. The zero-order chi connectivity index (χ0) is 14.5. The molecule has 1 aromatic rings. The van der Waals surface area contributed by atoms with Gasteiger partial charge in [0, 0.05) is 31.9 Å². The van der Waals surface area contributed by atoms with Crippen LogP contribution >= 0.6 is 0 Å². The number of aliphatic hydroxyl groups is 1. The second-order valence-electron chi connectivity index (χ2n) is 5.62. The molecule has 2 atom stereocenters. The van der Waals surface area contributed by atoms with Gasteiger partial charge in [0.05, 0.1) is 6.10 Å². The van der Waals surface area contributed by atoms with Gasteiger partial charge in [0.15, 0.2) is 0 Å². The van der Waals surface area contributed by atoms with Gasteiger partial charge in [-0.15, -0.1) is 0 Å². The summed E-state index contributed by atoms with van der Waals surface area (Å²) in [5, 5.41) is 13.1. The van der Waals surface area contributed by atoms with Crippen LogP contribution in [0.1, 0.15) is 19.8 Å². The van der Waals surface area contributed by atoms with Crippen molar-refractivity contribution in [2.45, 2.75) is 31.9 Å². The SMILES string of the molecule is CCCNc1nccc(N2CC(O)CC2CN(C)C)n1. The number of nitrogens with zero attached hydrogens (tertiary/aromatic N) is 4. The van der Waals surface area contributed by atoms with Gasteiger partial charge in [-0.3, -0.25) is 0 Å². The molecular weight excluding hydrogens is 254 g/mol. The molecule has 2 rings (SSSR count). The molecule has 1 aromatic heterocycles. The van der Waals surface area contributed by atoms with E-state index in [1.54, 1.807) is 6.20 Å². The number of rotatable bonds is 6. The lowest BCUT2D eigenvalue weighted by molar-refractivity contribution is 0.191. The largest absolute Gasteiger partial charge is 0.391 e. The van der Waals surface area contributed by atoms with Crippen LogP contribution in [0.2, 0.25) is 0 Å². The summed E-state index contributed by atoms with van der Waals surface area (Å²) in [6.07, 6.45) is 3.33. The molecule has 0 saturated carbocycles. The molecule has 0 aromatic carbocycles. The highest BCUT2D eigenvalue weighted by Gasteiger charge is 2.32. The van der Waals surface area contributed by atoms with Crippen molar-refractivity contribution in [2.75, 3.05) is 43.9 Å². The number of hydrogen-bond donors (Lipinski definition) is 2. The summed E-state index contributed by atoms with van der Waals surface area (Å²) < 4.78 is 0. The van der Waals surface area contributed by atoms with Gasteiger partial charge in [-0.1, -0.05) is 6.92 Å². The van der Waals surface area contributed by atoms with Crippen LogP contribution in [0.25, 0.3) is 0 Å². The van der Waals surface area contributed by atoms with E-state index in [-0.39, 0.29) is 6.10 Å². The van der Waals surface area contributed by atoms with Crippen molar-refractivity contribution in [1.29, 1.82) is 0 Å². The highest BCUT2D eigenvalue weighted by Crippen LogP contribution is 2.25. The van der Waals surface area contributed by atoms with Gasteiger partial charge in [0.2, 0.25) is 5.95 Å². The van der Waals surface area contributed by atoms with Crippen molar-refractivity contribution < 1.29 is 5.11 Å². The Balaban J connectivity index is 2.11. The molecule has 1 fully saturated rings. The summed E-state index contributed by atoms with van der Waals surface area (Å²) in [6.45, 7) is 4.54. The number of likely N-dealkylation sites (N-methyl/N-ethyl adjacent to an activating group) is 1. The Morgan fingerprint density at radius 1 is 1.50 bits per heavy atom. The van der Waals surface area contributed by atoms with Crippen LogP contribution in [-0.4, -0.2) is 65.8 Å². The van der Waals surface area contributed by atoms with E-state index in [1.165, 1.54) is 0 Å². The molecule has 0 amide bonds. The van der Waals surface area contributed by atoms with Gasteiger partial charge in [0.1, 0.15) is 5.82 Å². The van der Waals surface area contributed by atoms with E-state index in [9.17, 15) is 5.11 Å². The minimum atomic E-state index is -0.276. The molecule has 1 aliphatic rings. The van der Waals surface area contributed by atoms with E-state index in [0.29, 0.717) is 18.5 Å². The van der Waals surface area contributed by atoms with Crippen molar-refractivity contribution in [2.24, 2.45) is 0 Å². The summed E-state index contributed by atoms with van der Waals surface area (Å²) in [7, 11) is 4.11. The first kappa shape index (κ1) is 15.0. The summed E-state index contributed by atoms with van der Waals surface area (Å²) in [5.74, 6) is 1.55. The smallest absolute Gasteiger partial charge is 0.224 e. The highest BCUT2D eigenvalue weighted by molar-refractivity contribution is 5.45. The number of aromatic nitrogens is 2. The number of anilines is 2. The van der Waals surface area contributed by atoms with E-state index < -0.39 is 0 Å². The fourth-order valence-corrected chi connectivity index (χ4v) is 2.60. The van der Waals surface area contributed by atoms with Gasteiger partial charge in [0.25, 0.3) is 0 Å². The fraction of sp³-hybridized carbons (Fsp3) is 0.714. The maximum absolute atomic E-state index is 9.94. The third-order valence-corrected chi connectivity index (χ3v) is 3.44. The van der Waals surface area contributed by atoms with Crippen LogP contribution in [0, 0.1) is 0 Å². The van der Waals surface area contributed by atoms with Crippen molar-refractivity contribution in [3.63, 3.8) is 0 Å². The van der Waals surface area contributed by atoms with Crippen LogP contribution in [0.15, 0.2) is 12.3 Å². The summed E-state index contributed by atoms with van der Waals surface area (Å²) in [4.78, 5) is 13.1. The Morgan fingerprint density at radius 3 is 3.00 bits per heavy atom. The Morgan fingerprint density at radius 2 is 2.30 bits per heavy atom. The molecule has 20 heavy (non-hydrogen) atoms. The molecule has 112 valence electrons. The minimum Gasteiger partial charge on any atom is -0.391 e. The Kier molecular flexibility index (Phi) is 5.14. The minimum absolute atomic E-state index is 0.276. The molecule has 0 spiro atoms. The van der Waals surface area contributed by atoms with Gasteiger partial charge in [-0.05, 0) is 33.0 Å². The number of aliphatic hydroxyl groups excluding tert-OH is 1. The van der Waals surface area contributed by atoms with Crippen molar-refractivity contribution in [3.8, 4) is 0 Å². The predicted molar refractivity (Wildman–Crippen MR) is 81.1 cm³/mol. The second-order valence-corrected chi connectivity index (χ2v) is 5.62. The van der Waals surface area contributed by atoms with Gasteiger partial charge >= 0.3 is 0 Å². The van der Waals surface area contributed by atoms with Crippen molar-refractivity contribution >= 4 is 11.8 Å². The van der Waals surface area contributed by atoms with E-state index in [0.717, 1.165) is 31.7 Å². The third-order valence-electron chi connectivity index (χ3n) is 3.44. The zero-order valence-corrected chi connectivity index (χ0v) is 12.6. The summed E-state index contributed by atoms with van der Waals surface area (Å²) in [5.41, 5.74) is 0. The molecule has 2 N–H and O–H groups in total. The highest BCUT2D eigenvalue weighted by atomic mass is 16.3. The Bertz CT molecular complexity index is 426. The lowest BCUT2D eigenvalue weighted by Gasteiger charge is -2.27. The van der Waals surface area contributed by atoms with E-state index in [1.807, 2.05) is 6.07 Å². The fourth-order valence-electron chi connectivity index (χ4n) is 2.60. The maximum atomic E-state index is 9.94. The maximum Gasteiger partial charge on any atom is 0.224 e. The normalized spacial score (nSPS) is 22.6. The first-order chi connectivity index (χ1) is 9.60. The molecule has 2 heterocycles. The number of hydrogen-bond acceptors (Lipinski definition) is 6. The average molecular weight is 279 g/mol. The summed E-state index contributed by atoms with van der Waals surface area (Å²) in [6, 6.07) is 2.21. The molecular formula is C14H25N5O. The standard InChI is InChI=1S/C14H25N5O/c1-4-6-15-14-16-7-5-13(17-14)19-10-12(20)8-11(19)9-18(2)3/h5,7,11-12,20H,4,6,8-10H2,1-3H3,(H,15,16,17). The number of nitrogens with one attached hydrogen (secondary N) is 1. The van der Waals surface area contributed by atoms with E-state index in [2.05, 4.69) is 46.1 Å². The van der Waals surface area contributed by atoms with Crippen molar-refractivity contribution in [1.82, 2.24) is 14.9 Å². The van der Waals surface area contributed by atoms with E-state index >= 15 is 0 Å². The molecule has 1 saturated heterocycles. The van der Waals surface area contributed by atoms with Gasteiger partial charge in [-0.2, -0.15) is 4.98 Å². The first-order valence-corrected chi connectivity index (χ1v) is 7.26.